The van der Waals surface area contributed by atoms with Crippen LogP contribution >= 0.6 is 11.3 Å². The number of hydrogen-bond donors (Lipinski definition) is 0. The van der Waals surface area contributed by atoms with Gasteiger partial charge in [0.05, 0.1) is 12.0 Å². The molecule has 0 radical (unpaired) electrons. The SMILES string of the molecule is CCc1sc(C(=O)N2CCN(Cc3ccc(OC)cc3)CC2)cc1C. The predicted octanol–water partition coefficient (Wildman–Crippen LogP) is 3.59. The largest absolute Gasteiger partial charge is 0.497 e. The van der Waals surface area contributed by atoms with Gasteiger partial charge in [0, 0.05) is 37.6 Å². The summed E-state index contributed by atoms with van der Waals surface area (Å²) < 4.78 is 5.20. The number of thiophene rings is 1. The third kappa shape index (κ3) is 4.22. The Kier molecular flexibility index (Phi) is 5.76. The van der Waals surface area contributed by atoms with E-state index in [0.29, 0.717) is 0 Å². The van der Waals surface area contributed by atoms with Gasteiger partial charge in [-0.2, -0.15) is 0 Å². The Labute approximate surface area is 154 Å². The van der Waals surface area contributed by atoms with Crippen molar-refractivity contribution in [3.8, 4) is 5.75 Å². The molecule has 0 unspecified atom stereocenters. The minimum atomic E-state index is 0.192. The molecular weight excluding hydrogens is 332 g/mol. The van der Waals surface area contributed by atoms with Crippen molar-refractivity contribution in [2.45, 2.75) is 26.8 Å². The average Bonchev–Trinajstić information content (AvgIpc) is 3.03. The Morgan fingerprint density at radius 3 is 2.40 bits per heavy atom. The highest BCUT2D eigenvalue weighted by molar-refractivity contribution is 7.14. The van der Waals surface area contributed by atoms with Crippen LogP contribution in [0.1, 0.15) is 32.6 Å². The summed E-state index contributed by atoms with van der Waals surface area (Å²) in [4.78, 5) is 19.3. The fourth-order valence-electron chi connectivity index (χ4n) is 3.23. The lowest BCUT2D eigenvalue weighted by Gasteiger charge is -2.34. The predicted molar refractivity (Wildman–Crippen MR) is 103 cm³/mol. The molecular formula is C20H26N2O2S. The zero-order valence-corrected chi connectivity index (χ0v) is 16.1. The van der Waals surface area contributed by atoms with E-state index in [1.807, 2.05) is 17.0 Å². The van der Waals surface area contributed by atoms with Gasteiger partial charge in [-0.15, -0.1) is 11.3 Å². The van der Waals surface area contributed by atoms with Crippen LogP contribution in [0.15, 0.2) is 30.3 Å². The van der Waals surface area contributed by atoms with Crippen LogP contribution in [0.3, 0.4) is 0 Å². The molecule has 1 aliphatic rings. The Hall–Kier alpha value is -1.85. The number of amides is 1. The highest BCUT2D eigenvalue weighted by Crippen LogP contribution is 2.24. The molecule has 2 heterocycles. The van der Waals surface area contributed by atoms with E-state index in [0.717, 1.165) is 49.8 Å². The molecule has 2 aromatic rings. The highest BCUT2D eigenvalue weighted by atomic mass is 32.1. The average molecular weight is 359 g/mol. The first kappa shape index (κ1) is 18.0. The van der Waals surface area contributed by atoms with E-state index < -0.39 is 0 Å². The van der Waals surface area contributed by atoms with Crippen molar-refractivity contribution < 1.29 is 9.53 Å². The first-order valence-electron chi connectivity index (χ1n) is 8.84. The Balaban J connectivity index is 1.54. The minimum absolute atomic E-state index is 0.192. The molecule has 1 aromatic heterocycles. The van der Waals surface area contributed by atoms with E-state index >= 15 is 0 Å². The standard InChI is InChI=1S/C20H26N2O2S/c1-4-18-15(2)13-19(25-18)20(23)22-11-9-21(10-12-22)14-16-5-7-17(24-3)8-6-16/h5-8,13H,4,9-12,14H2,1-3H3. The van der Waals surface area contributed by atoms with Crippen molar-refractivity contribution in [1.82, 2.24) is 9.80 Å². The lowest BCUT2D eigenvalue weighted by Crippen LogP contribution is -2.48. The van der Waals surface area contributed by atoms with Gasteiger partial charge in [0.1, 0.15) is 5.75 Å². The summed E-state index contributed by atoms with van der Waals surface area (Å²) in [7, 11) is 1.68. The molecule has 0 bridgehead atoms. The van der Waals surface area contributed by atoms with Crippen molar-refractivity contribution >= 4 is 17.2 Å². The van der Waals surface area contributed by atoms with E-state index in [-0.39, 0.29) is 5.91 Å². The molecule has 1 aliphatic heterocycles. The van der Waals surface area contributed by atoms with Crippen LogP contribution in [0.2, 0.25) is 0 Å². The van der Waals surface area contributed by atoms with Gasteiger partial charge in [-0.1, -0.05) is 19.1 Å². The quantitative estimate of drug-likeness (QED) is 0.819. The zero-order chi connectivity index (χ0) is 17.8. The second-order valence-electron chi connectivity index (χ2n) is 6.49. The molecule has 1 fully saturated rings. The lowest BCUT2D eigenvalue weighted by atomic mass is 10.2. The molecule has 0 saturated carbocycles. The minimum Gasteiger partial charge on any atom is -0.497 e. The number of rotatable bonds is 5. The molecule has 1 saturated heterocycles. The molecule has 0 N–H and O–H groups in total. The van der Waals surface area contributed by atoms with E-state index in [1.54, 1.807) is 18.4 Å². The molecule has 4 nitrogen and oxygen atoms in total. The van der Waals surface area contributed by atoms with Gasteiger partial charge >= 0.3 is 0 Å². The third-order valence-corrected chi connectivity index (χ3v) is 6.15. The fourth-order valence-corrected chi connectivity index (χ4v) is 4.31. The monoisotopic (exact) mass is 358 g/mol. The van der Waals surface area contributed by atoms with Gasteiger partial charge in [-0.3, -0.25) is 9.69 Å². The van der Waals surface area contributed by atoms with Gasteiger partial charge in [0.15, 0.2) is 0 Å². The van der Waals surface area contributed by atoms with E-state index in [1.165, 1.54) is 16.0 Å². The van der Waals surface area contributed by atoms with Crippen LogP contribution < -0.4 is 4.74 Å². The first-order valence-corrected chi connectivity index (χ1v) is 9.66. The van der Waals surface area contributed by atoms with Gasteiger partial charge in [-0.05, 0) is 42.7 Å². The molecule has 1 amide bonds. The third-order valence-electron chi connectivity index (χ3n) is 4.78. The molecule has 0 spiro atoms. The lowest BCUT2D eigenvalue weighted by molar-refractivity contribution is 0.0633. The number of aryl methyl sites for hydroxylation is 2. The smallest absolute Gasteiger partial charge is 0.264 e. The maximum atomic E-state index is 12.7. The van der Waals surface area contributed by atoms with Crippen LogP contribution in [0.25, 0.3) is 0 Å². The number of carbonyl (C=O) groups is 1. The summed E-state index contributed by atoms with van der Waals surface area (Å²) >= 11 is 1.65. The Morgan fingerprint density at radius 2 is 1.84 bits per heavy atom. The van der Waals surface area contributed by atoms with Gasteiger partial charge in [0.25, 0.3) is 5.91 Å². The van der Waals surface area contributed by atoms with Crippen molar-refractivity contribution in [3.05, 3.63) is 51.2 Å². The zero-order valence-electron chi connectivity index (χ0n) is 15.2. The summed E-state index contributed by atoms with van der Waals surface area (Å²) in [6.07, 6.45) is 0.999. The molecule has 134 valence electrons. The van der Waals surface area contributed by atoms with Gasteiger partial charge in [0.2, 0.25) is 0 Å². The van der Waals surface area contributed by atoms with Crippen LogP contribution in [0.5, 0.6) is 5.75 Å². The van der Waals surface area contributed by atoms with Crippen molar-refractivity contribution in [2.75, 3.05) is 33.3 Å². The van der Waals surface area contributed by atoms with Gasteiger partial charge in [-0.25, -0.2) is 0 Å². The summed E-state index contributed by atoms with van der Waals surface area (Å²) in [6, 6.07) is 10.3. The molecule has 1 aromatic carbocycles. The topological polar surface area (TPSA) is 32.8 Å². The van der Waals surface area contributed by atoms with Crippen molar-refractivity contribution in [1.29, 1.82) is 0 Å². The van der Waals surface area contributed by atoms with Crippen LogP contribution in [-0.2, 0) is 13.0 Å². The van der Waals surface area contributed by atoms with Crippen LogP contribution in [-0.4, -0.2) is 49.0 Å². The number of nitrogens with zero attached hydrogens (tertiary/aromatic N) is 2. The van der Waals surface area contributed by atoms with Gasteiger partial charge < -0.3 is 9.64 Å². The number of piperazine rings is 1. The number of carbonyl (C=O) groups excluding carboxylic acids is 1. The second kappa shape index (κ2) is 8.02. The summed E-state index contributed by atoms with van der Waals surface area (Å²) in [5.41, 5.74) is 2.52. The molecule has 5 heteroatoms. The maximum absolute atomic E-state index is 12.7. The number of methoxy groups -OCH3 is 1. The molecule has 0 aliphatic carbocycles. The van der Waals surface area contributed by atoms with Crippen LogP contribution in [0.4, 0.5) is 0 Å². The normalized spacial score (nSPS) is 15.4. The summed E-state index contributed by atoms with van der Waals surface area (Å²) in [5, 5.41) is 0. The summed E-state index contributed by atoms with van der Waals surface area (Å²) in [5.74, 6) is 1.08. The molecule has 25 heavy (non-hydrogen) atoms. The Bertz CT molecular complexity index is 716. The maximum Gasteiger partial charge on any atom is 0.264 e. The summed E-state index contributed by atoms with van der Waals surface area (Å²) in [6.45, 7) is 8.60. The fraction of sp³-hybridized carbons (Fsp3) is 0.450. The van der Waals surface area contributed by atoms with Crippen LogP contribution in [0, 0.1) is 6.92 Å². The number of hydrogen-bond acceptors (Lipinski definition) is 4. The van der Waals surface area contributed by atoms with E-state index in [2.05, 4.69) is 36.9 Å². The highest BCUT2D eigenvalue weighted by Gasteiger charge is 2.23. The molecule has 3 rings (SSSR count). The second-order valence-corrected chi connectivity index (χ2v) is 7.62. The molecule has 0 atom stereocenters. The first-order chi connectivity index (χ1) is 12.1. The van der Waals surface area contributed by atoms with E-state index in [4.69, 9.17) is 4.74 Å². The van der Waals surface area contributed by atoms with E-state index in [9.17, 15) is 4.79 Å². The Morgan fingerprint density at radius 1 is 1.16 bits per heavy atom. The number of ether oxygens (including phenoxy) is 1. The number of benzene rings is 1. The van der Waals surface area contributed by atoms with Crippen molar-refractivity contribution in [3.63, 3.8) is 0 Å². The van der Waals surface area contributed by atoms with Crippen molar-refractivity contribution in [2.24, 2.45) is 0 Å².